The van der Waals surface area contributed by atoms with Crippen LogP contribution in [0.5, 0.6) is 0 Å². The van der Waals surface area contributed by atoms with Crippen molar-refractivity contribution in [3.8, 4) is 0 Å². The van der Waals surface area contributed by atoms with E-state index in [1.807, 2.05) is 51.1 Å². The molecule has 1 aromatic carbocycles. The third kappa shape index (κ3) is 6.36. The van der Waals surface area contributed by atoms with Crippen molar-refractivity contribution in [2.45, 2.75) is 46.6 Å². The molecule has 0 saturated carbocycles. The minimum Gasteiger partial charge on any atom is -0.443 e. The van der Waals surface area contributed by atoms with Gasteiger partial charge in [-0.05, 0) is 38.7 Å². The van der Waals surface area contributed by atoms with Crippen molar-refractivity contribution in [2.75, 3.05) is 0 Å². The lowest BCUT2D eigenvalue weighted by Gasteiger charge is -2.19. The molecule has 0 unspecified atom stereocenters. The number of nitrogens with one attached hydrogen (secondary N) is 1. The molecule has 110 valence electrons. The molecule has 0 saturated heterocycles. The Kier molecular flexibility index (Phi) is 5.74. The third-order valence-electron chi connectivity index (χ3n) is 2.39. The molecule has 0 bridgehead atoms. The van der Waals surface area contributed by atoms with E-state index in [4.69, 9.17) is 4.74 Å². The number of nitrogens with zero attached hydrogens (tertiary/aromatic N) is 1. The maximum atomic E-state index is 11.6. The highest BCUT2D eigenvalue weighted by atomic mass is 16.6. The second kappa shape index (κ2) is 7.08. The number of carbonyl (C=O) groups excluding carboxylic acids is 1. The molecule has 1 aromatic rings. The van der Waals surface area contributed by atoms with Crippen molar-refractivity contribution in [1.29, 1.82) is 0 Å². The SMILES string of the molecule is CC(C)C/C(=N\NC(=O)OC(C)(C)C)c1ccccc1. The second-order valence-electron chi connectivity index (χ2n) is 6.14. The highest BCUT2D eigenvalue weighted by Crippen LogP contribution is 2.11. The number of hydrogen-bond acceptors (Lipinski definition) is 3. The van der Waals surface area contributed by atoms with E-state index in [1.165, 1.54) is 0 Å². The fourth-order valence-corrected chi connectivity index (χ4v) is 1.66. The Morgan fingerprint density at radius 3 is 2.35 bits per heavy atom. The number of amides is 1. The van der Waals surface area contributed by atoms with Gasteiger partial charge in [0.1, 0.15) is 5.60 Å². The molecule has 0 aliphatic carbocycles. The summed E-state index contributed by atoms with van der Waals surface area (Å²) in [6.07, 6.45) is 0.259. The van der Waals surface area contributed by atoms with Crippen LogP contribution in [0.2, 0.25) is 0 Å². The molecule has 0 heterocycles. The average molecular weight is 276 g/mol. The predicted molar refractivity (Wildman–Crippen MR) is 81.8 cm³/mol. The van der Waals surface area contributed by atoms with Crippen LogP contribution in [-0.2, 0) is 4.74 Å². The summed E-state index contributed by atoms with van der Waals surface area (Å²) in [5.74, 6) is 0.453. The van der Waals surface area contributed by atoms with Crippen LogP contribution in [0.25, 0.3) is 0 Å². The zero-order chi connectivity index (χ0) is 15.2. The smallest absolute Gasteiger partial charge is 0.428 e. The van der Waals surface area contributed by atoms with Gasteiger partial charge in [-0.15, -0.1) is 0 Å². The van der Waals surface area contributed by atoms with Gasteiger partial charge in [0, 0.05) is 0 Å². The molecule has 20 heavy (non-hydrogen) atoms. The average Bonchev–Trinajstić information content (AvgIpc) is 2.33. The number of ether oxygens (including phenoxy) is 1. The van der Waals surface area contributed by atoms with E-state index in [0.29, 0.717) is 5.92 Å². The summed E-state index contributed by atoms with van der Waals surface area (Å²) in [6, 6.07) is 9.84. The lowest BCUT2D eigenvalue weighted by atomic mass is 10.0. The summed E-state index contributed by atoms with van der Waals surface area (Å²) in [4.78, 5) is 11.6. The third-order valence-corrected chi connectivity index (χ3v) is 2.39. The van der Waals surface area contributed by atoms with E-state index in [2.05, 4.69) is 24.4 Å². The molecule has 1 N–H and O–H groups in total. The summed E-state index contributed by atoms with van der Waals surface area (Å²) in [6.45, 7) is 9.70. The molecular formula is C16H24N2O2. The van der Waals surface area contributed by atoms with Crippen LogP contribution < -0.4 is 5.43 Å². The molecule has 4 nitrogen and oxygen atoms in total. The van der Waals surface area contributed by atoms with Gasteiger partial charge >= 0.3 is 6.09 Å². The molecule has 0 radical (unpaired) electrons. The van der Waals surface area contributed by atoms with Crippen LogP contribution in [-0.4, -0.2) is 17.4 Å². The van der Waals surface area contributed by atoms with Crippen LogP contribution in [0.3, 0.4) is 0 Å². The lowest BCUT2D eigenvalue weighted by Crippen LogP contribution is -2.30. The molecule has 1 amide bonds. The molecule has 1 rings (SSSR count). The van der Waals surface area contributed by atoms with E-state index < -0.39 is 11.7 Å². The minimum atomic E-state index is -0.533. The fraction of sp³-hybridized carbons (Fsp3) is 0.500. The highest BCUT2D eigenvalue weighted by Gasteiger charge is 2.16. The van der Waals surface area contributed by atoms with Crippen molar-refractivity contribution in [3.05, 3.63) is 35.9 Å². The number of benzene rings is 1. The van der Waals surface area contributed by atoms with Crippen LogP contribution in [0.1, 0.15) is 46.6 Å². The van der Waals surface area contributed by atoms with Gasteiger partial charge in [-0.1, -0.05) is 44.2 Å². The van der Waals surface area contributed by atoms with Gasteiger partial charge in [-0.2, -0.15) is 5.10 Å². The van der Waals surface area contributed by atoms with Crippen LogP contribution in [0.15, 0.2) is 35.4 Å². The van der Waals surface area contributed by atoms with Crippen LogP contribution >= 0.6 is 0 Å². The zero-order valence-electron chi connectivity index (χ0n) is 12.9. The largest absolute Gasteiger partial charge is 0.443 e. The van der Waals surface area contributed by atoms with E-state index in [1.54, 1.807) is 0 Å². The van der Waals surface area contributed by atoms with Gasteiger partial charge in [0.15, 0.2) is 0 Å². The molecule has 0 aliphatic heterocycles. The molecule has 4 heteroatoms. The van der Waals surface area contributed by atoms with Crippen molar-refractivity contribution in [2.24, 2.45) is 11.0 Å². The van der Waals surface area contributed by atoms with Gasteiger partial charge in [0.25, 0.3) is 0 Å². The topological polar surface area (TPSA) is 50.7 Å². The standard InChI is InChI=1S/C16H24N2O2/c1-12(2)11-14(13-9-7-6-8-10-13)17-18-15(19)20-16(3,4)5/h6-10,12H,11H2,1-5H3,(H,18,19)/b17-14+. The van der Waals surface area contributed by atoms with E-state index in [-0.39, 0.29) is 0 Å². The summed E-state index contributed by atoms with van der Waals surface area (Å²) in [5.41, 5.74) is 3.81. The minimum absolute atomic E-state index is 0.453. The monoisotopic (exact) mass is 276 g/mol. The quantitative estimate of drug-likeness (QED) is 0.668. The first-order chi connectivity index (χ1) is 9.28. The van der Waals surface area contributed by atoms with Crippen molar-refractivity contribution >= 4 is 11.8 Å². The molecular weight excluding hydrogens is 252 g/mol. The number of hydrazone groups is 1. The second-order valence-corrected chi connectivity index (χ2v) is 6.14. The first-order valence-electron chi connectivity index (χ1n) is 6.89. The molecule has 0 aliphatic rings. The zero-order valence-corrected chi connectivity index (χ0v) is 12.9. The van der Waals surface area contributed by atoms with Crippen LogP contribution in [0.4, 0.5) is 4.79 Å². The van der Waals surface area contributed by atoms with Crippen LogP contribution in [0, 0.1) is 5.92 Å². The fourth-order valence-electron chi connectivity index (χ4n) is 1.66. The van der Waals surface area contributed by atoms with E-state index in [0.717, 1.165) is 17.7 Å². The Morgan fingerprint density at radius 1 is 1.25 bits per heavy atom. The van der Waals surface area contributed by atoms with Gasteiger partial charge in [-0.3, -0.25) is 0 Å². The Balaban J connectivity index is 2.79. The van der Waals surface area contributed by atoms with E-state index in [9.17, 15) is 4.79 Å². The Labute approximate surface area is 121 Å². The van der Waals surface area contributed by atoms with Gasteiger partial charge in [-0.25, -0.2) is 10.2 Å². The Morgan fingerprint density at radius 2 is 1.85 bits per heavy atom. The lowest BCUT2D eigenvalue weighted by molar-refractivity contribution is 0.0529. The van der Waals surface area contributed by atoms with Gasteiger partial charge in [0.2, 0.25) is 0 Å². The molecule has 0 spiro atoms. The molecule has 0 aromatic heterocycles. The Bertz CT molecular complexity index is 459. The molecule has 0 fully saturated rings. The predicted octanol–water partition coefficient (Wildman–Crippen LogP) is 3.96. The molecule has 0 atom stereocenters. The van der Waals surface area contributed by atoms with Crippen molar-refractivity contribution in [3.63, 3.8) is 0 Å². The number of carbonyl (C=O) groups is 1. The van der Waals surface area contributed by atoms with Gasteiger partial charge < -0.3 is 4.74 Å². The van der Waals surface area contributed by atoms with Crippen molar-refractivity contribution < 1.29 is 9.53 Å². The van der Waals surface area contributed by atoms with Crippen molar-refractivity contribution in [1.82, 2.24) is 5.43 Å². The maximum Gasteiger partial charge on any atom is 0.428 e. The summed E-state index contributed by atoms with van der Waals surface area (Å²) in [5, 5.41) is 4.21. The summed E-state index contributed by atoms with van der Waals surface area (Å²) < 4.78 is 5.17. The Hall–Kier alpha value is -1.84. The maximum absolute atomic E-state index is 11.6. The summed E-state index contributed by atoms with van der Waals surface area (Å²) >= 11 is 0. The van der Waals surface area contributed by atoms with E-state index >= 15 is 0 Å². The number of hydrogen-bond donors (Lipinski definition) is 1. The number of rotatable bonds is 4. The normalized spacial score (nSPS) is 12.4. The first kappa shape index (κ1) is 16.2. The summed E-state index contributed by atoms with van der Waals surface area (Å²) in [7, 11) is 0. The van der Waals surface area contributed by atoms with Gasteiger partial charge in [0.05, 0.1) is 5.71 Å². The first-order valence-corrected chi connectivity index (χ1v) is 6.89. The highest BCUT2D eigenvalue weighted by molar-refractivity contribution is 6.01.